The lowest BCUT2D eigenvalue weighted by atomic mass is 10.0. The number of aromatic nitrogens is 2. The van der Waals surface area contributed by atoms with Crippen LogP contribution in [-0.4, -0.2) is 22.0 Å². The Morgan fingerprint density at radius 3 is 2.70 bits per heavy atom. The van der Waals surface area contributed by atoms with Crippen molar-refractivity contribution >= 4 is 40.2 Å². The Bertz CT molecular complexity index is 989. The number of halogens is 1. The van der Waals surface area contributed by atoms with E-state index in [1.165, 1.54) is 29.5 Å². The summed E-state index contributed by atoms with van der Waals surface area (Å²) >= 11 is 2.81. The Kier molecular flexibility index (Phi) is 7.64. The van der Waals surface area contributed by atoms with Crippen molar-refractivity contribution in [3.8, 4) is 0 Å². The van der Waals surface area contributed by atoms with Gasteiger partial charge in [-0.25, -0.2) is 4.39 Å². The highest BCUT2D eigenvalue weighted by atomic mass is 32.1. The molecule has 3 rings (SSSR count). The fourth-order valence-electron chi connectivity index (χ4n) is 2.88. The maximum absolute atomic E-state index is 13.2. The van der Waals surface area contributed by atoms with E-state index in [9.17, 15) is 14.0 Å². The summed E-state index contributed by atoms with van der Waals surface area (Å²) in [7, 11) is 0. The minimum absolute atomic E-state index is 0.00399. The van der Waals surface area contributed by atoms with Gasteiger partial charge in [0.2, 0.25) is 10.9 Å². The van der Waals surface area contributed by atoms with Crippen molar-refractivity contribution in [3.63, 3.8) is 0 Å². The highest BCUT2D eigenvalue weighted by molar-refractivity contribution is 7.13. The van der Waals surface area contributed by atoms with Crippen molar-refractivity contribution < 1.29 is 14.0 Å². The number of thiophene rings is 1. The van der Waals surface area contributed by atoms with E-state index in [-0.39, 0.29) is 17.0 Å². The molecule has 0 aliphatic rings. The zero-order valence-electron chi connectivity index (χ0n) is 16.7. The van der Waals surface area contributed by atoms with Gasteiger partial charge in [-0.1, -0.05) is 37.3 Å². The molecule has 9 heteroatoms. The van der Waals surface area contributed by atoms with E-state index in [1.807, 2.05) is 17.5 Å². The predicted octanol–water partition coefficient (Wildman–Crippen LogP) is 4.83. The number of anilines is 1. The van der Waals surface area contributed by atoms with E-state index in [0.717, 1.165) is 4.88 Å². The smallest absolute Gasteiger partial charge is 0.286 e. The summed E-state index contributed by atoms with van der Waals surface area (Å²) in [5.74, 6) is -0.564. The molecule has 0 aliphatic carbocycles. The molecule has 0 spiro atoms. The van der Waals surface area contributed by atoms with E-state index in [4.69, 9.17) is 0 Å². The minimum Gasteiger partial charge on any atom is -0.348 e. The molecule has 1 atom stereocenters. The van der Waals surface area contributed by atoms with Gasteiger partial charge in [-0.2, -0.15) is 0 Å². The number of carbonyl (C=O) groups is 2. The maximum Gasteiger partial charge on any atom is 0.286 e. The molecule has 30 heavy (non-hydrogen) atoms. The van der Waals surface area contributed by atoms with Crippen LogP contribution < -0.4 is 10.6 Å². The quantitative estimate of drug-likeness (QED) is 0.493. The largest absolute Gasteiger partial charge is 0.348 e. The molecule has 158 valence electrons. The van der Waals surface area contributed by atoms with Gasteiger partial charge in [0.25, 0.3) is 5.91 Å². The van der Waals surface area contributed by atoms with Gasteiger partial charge >= 0.3 is 0 Å². The van der Waals surface area contributed by atoms with Crippen molar-refractivity contribution in [3.05, 3.63) is 62.5 Å². The molecule has 0 fully saturated rings. The van der Waals surface area contributed by atoms with Crippen LogP contribution in [0, 0.1) is 11.7 Å². The minimum atomic E-state index is -0.433. The first-order chi connectivity index (χ1) is 14.4. The molecular weight excluding hydrogens is 423 g/mol. The van der Waals surface area contributed by atoms with Gasteiger partial charge in [-0.05, 0) is 42.0 Å². The summed E-state index contributed by atoms with van der Waals surface area (Å²) in [5, 5.41) is 16.5. The van der Waals surface area contributed by atoms with Crippen LogP contribution in [0.5, 0.6) is 0 Å². The van der Waals surface area contributed by atoms with Crippen LogP contribution in [0.2, 0.25) is 0 Å². The molecule has 0 bridgehead atoms. The van der Waals surface area contributed by atoms with Crippen molar-refractivity contribution in [2.24, 2.45) is 5.92 Å². The highest BCUT2D eigenvalue weighted by Crippen LogP contribution is 2.26. The Morgan fingerprint density at radius 2 is 2.00 bits per heavy atom. The molecule has 3 aromatic rings. The number of hydrogen-bond donors (Lipinski definition) is 2. The summed E-state index contributed by atoms with van der Waals surface area (Å²) in [6.45, 7) is 4.17. The van der Waals surface area contributed by atoms with Gasteiger partial charge in [0.15, 0.2) is 0 Å². The number of nitrogens with one attached hydrogen (secondary N) is 2. The molecule has 1 aromatic carbocycles. The second-order valence-corrected chi connectivity index (χ2v) is 9.16. The van der Waals surface area contributed by atoms with Gasteiger partial charge in [0.1, 0.15) is 10.8 Å². The fraction of sp³-hybridized carbons (Fsp3) is 0.333. The first-order valence-corrected chi connectivity index (χ1v) is 11.3. The van der Waals surface area contributed by atoms with Crippen LogP contribution in [-0.2, 0) is 11.2 Å². The highest BCUT2D eigenvalue weighted by Gasteiger charge is 2.19. The van der Waals surface area contributed by atoms with Gasteiger partial charge in [-0.15, -0.1) is 21.5 Å². The molecule has 0 saturated heterocycles. The van der Waals surface area contributed by atoms with E-state index in [0.29, 0.717) is 35.9 Å². The molecule has 6 nitrogen and oxygen atoms in total. The zero-order chi connectivity index (χ0) is 21.5. The normalized spacial score (nSPS) is 12.0. The Labute approximate surface area is 182 Å². The number of carbonyl (C=O) groups excluding carboxylic acids is 2. The maximum atomic E-state index is 13.2. The zero-order valence-corrected chi connectivity index (χ0v) is 18.4. The third-order valence-electron chi connectivity index (χ3n) is 4.37. The second-order valence-electron chi connectivity index (χ2n) is 7.12. The monoisotopic (exact) mass is 446 g/mol. The van der Waals surface area contributed by atoms with Crippen LogP contribution in [0.25, 0.3) is 0 Å². The first kappa shape index (κ1) is 22.0. The van der Waals surface area contributed by atoms with Crippen molar-refractivity contribution in [1.82, 2.24) is 15.5 Å². The van der Waals surface area contributed by atoms with Gasteiger partial charge in [0, 0.05) is 23.4 Å². The summed E-state index contributed by atoms with van der Waals surface area (Å²) in [6, 6.07) is 9.69. The number of amides is 2. The van der Waals surface area contributed by atoms with Crippen LogP contribution in [0.4, 0.5) is 10.1 Å². The van der Waals surface area contributed by atoms with Gasteiger partial charge in [-0.3, -0.25) is 9.59 Å². The van der Waals surface area contributed by atoms with Crippen molar-refractivity contribution in [1.29, 1.82) is 0 Å². The van der Waals surface area contributed by atoms with E-state index < -0.39 is 11.7 Å². The Balaban J connectivity index is 1.47. The first-order valence-electron chi connectivity index (χ1n) is 9.64. The summed E-state index contributed by atoms with van der Waals surface area (Å²) < 4.78 is 13.2. The van der Waals surface area contributed by atoms with Crippen LogP contribution in [0.3, 0.4) is 0 Å². The lowest BCUT2D eigenvalue weighted by Crippen LogP contribution is -2.31. The SMILES string of the molecule is CC(C)[C@@H](NC(=O)CCCc1nnc(C(=O)Nc2cccc(F)c2)s1)c1cccs1. The summed E-state index contributed by atoms with van der Waals surface area (Å²) in [4.78, 5) is 25.7. The molecule has 0 radical (unpaired) electrons. The third kappa shape index (κ3) is 6.17. The molecule has 2 aromatic heterocycles. The number of rotatable bonds is 9. The average molecular weight is 447 g/mol. The molecule has 2 N–H and O–H groups in total. The third-order valence-corrected chi connectivity index (χ3v) is 6.31. The van der Waals surface area contributed by atoms with E-state index >= 15 is 0 Å². The van der Waals surface area contributed by atoms with E-state index in [1.54, 1.807) is 17.4 Å². The Hall–Kier alpha value is -2.65. The standard InChI is InChI=1S/C21H23FN4O2S2/c1-13(2)19(16-8-5-11-29-16)24-17(27)9-4-10-18-25-26-21(30-18)20(28)23-15-7-3-6-14(22)12-15/h3,5-8,11-13,19H,4,9-10H2,1-2H3,(H,23,28)(H,24,27)/t19-/m1/s1. The topological polar surface area (TPSA) is 84.0 Å². The van der Waals surface area contributed by atoms with Crippen LogP contribution >= 0.6 is 22.7 Å². The molecule has 0 unspecified atom stereocenters. The molecule has 2 heterocycles. The molecule has 2 amide bonds. The number of benzene rings is 1. The molecular formula is C21H23FN4O2S2. The van der Waals surface area contributed by atoms with Crippen LogP contribution in [0.1, 0.15) is 52.4 Å². The lowest BCUT2D eigenvalue weighted by molar-refractivity contribution is -0.122. The van der Waals surface area contributed by atoms with Gasteiger partial charge in [0.05, 0.1) is 6.04 Å². The Morgan fingerprint density at radius 1 is 1.17 bits per heavy atom. The van der Waals surface area contributed by atoms with Crippen molar-refractivity contribution in [2.75, 3.05) is 5.32 Å². The van der Waals surface area contributed by atoms with Gasteiger partial charge < -0.3 is 10.6 Å². The lowest BCUT2D eigenvalue weighted by Gasteiger charge is -2.21. The van der Waals surface area contributed by atoms with Crippen LogP contribution in [0.15, 0.2) is 41.8 Å². The number of nitrogens with zero attached hydrogens (tertiary/aromatic N) is 2. The summed E-state index contributed by atoms with van der Waals surface area (Å²) in [6.07, 6.45) is 1.55. The predicted molar refractivity (Wildman–Crippen MR) is 117 cm³/mol. The molecule has 0 saturated carbocycles. The number of hydrogen-bond acceptors (Lipinski definition) is 6. The summed E-state index contributed by atoms with van der Waals surface area (Å²) in [5.41, 5.74) is 0.360. The van der Waals surface area contributed by atoms with Crippen molar-refractivity contribution in [2.45, 2.75) is 39.2 Å². The second kappa shape index (κ2) is 10.4. The fourth-order valence-corrected chi connectivity index (χ4v) is 4.60. The number of aryl methyl sites for hydroxylation is 1. The molecule has 0 aliphatic heterocycles. The average Bonchev–Trinajstić information content (AvgIpc) is 3.38. The van der Waals surface area contributed by atoms with E-state index in [2.05, 4.69) is 34.7 Å².